The number of nitro groups is 1. The first kappa shape index (κ1) is 16.1. The van der Waals surface area contributed by atoms with Gasteiger partial charge in [-0.05, 0) is 29.1 Å². The number of rotatable bonds is 4. The lowest BCUT2D eigenvalue weighted by Gasteiger charge is -2.21. The Morgan fingerprint density at radius 1 is 1.50 bits per heavy atom. The quantitative estimate of drug-likeness (QED) is 0.678. The summed E-state index contributed by atoms with van der Waals surface area (Å²) >= 11 is 1.54. The van der Waals surface area contributed by atoms with Crippen molar-refractivity contribution < 1.29 is 14.8 Å². The van der Waals surface area contributed by atoms with Crippen LogP contribution in [0.4, 0.5) is 5.69 Å². The third-order valence-corrected chi connectivity index (χ3v) is 4.77. The van der Waals surface area contributed by atoms with E-state index in [4.69, 9.17) is 0 Å². The first-order valence-corrected chi connectivity index (χ1v) is 8.30. The number of hydrogen-bond acceptors (Lipinski definition) is 6. The van der Waals surface area contributed by atoms with E-state index < -0.39 is 10.7 Å². The SMILES string of the molecule is CCC(=O)N1N=C(c2cccs2)C[C@@H]1c1ccc([N+](=O)[O-])c(O)c1. The zero-order chi connectivity index (χ0) is 17.3. The van der Waals surface area contributed by atoms with E-state index in [-0.39, 0.29) is 17.6 Å². The van der Waals surface area contributed by atoms with Gasteiger partial charge in [0.25, 0.3) is 0 Å². The molecule has 1 aromatic heterocycles. The highest BCUT2D eigenvalue weighted by molar-refractivity contribution is 7.12. The molecule has 0 bridgehead atoms. The predicted molar refractivity (Wildman–Crippen MR) is 90.1 cm³/mol. The fourth-order valence-electron chi connectivity index (χ4n) is 2.66. The number of nitrogens with zero attached hydrogens (tertiary/aromatic N) is 3. The van der Waals surface area contributed by atoms with E-state index in [0.717, 1.165) is 10.6 Å². The van der Waals surface area contributed by atoms with E-state index in [9.17, 15) is 20.0 Å². The fraction of sp³-hybridized carbons (Fsp3) is 0.250. The molecule has 0 spiro atoms. The summed E-state index contributed by atoms with van der Waals surface area (Å²) < 4.78 is 0. The van der Waals surface area contributed by atoms with Gasteiger partial charge in [0.15, 0.2) is 5.75 Å². The monoisotopic (exact) mass is 345 g/mol. The highest BCUT2D eigenvalue weighted by Crippen LogP contribution is 2.37. The van der Waals surface area contributed by atoms with E-state index in [1.807, 2.05) is 17.5 Å². The van der Waals surface area contributed by atoms with Crippen LogP contribution in [0.3, 0.4) is 0 Å². The standard InChI is InChI=1S/C16H15N3O4S/c1-2-16(21)18-13(9-11(17-18)15-4-3-7-24-15)10-5-6-12(19(22)23)14(20)8-10/h3-8,13,20H,2,9H2,1H3/t13-/m1/s1. The maximum absolute atomic E-state index is 12.2. The number of thiophene rings is 1. The Morgan fingerprint density at radius 2 is 2.29 bits per heavy atom. The average Bonchev–Trinajstić information content (AvgIpc) is 3.22. The Bertz CT molecular complexity index is 817. The van der Waals surface area contributed by atoms with Gasteiger partial charge in [0.2, 0.25) is 5.91 Å². The molecular formula is C16H15N3O4S. The van der Waals surface area contributed by atoms with Crippen LogP contribution in [0.25, 0.3) is 0 Å². The number of carbonyl (C=O) groups excluding carboxylic acids is 1. The lowest BCUT2D eigenvalue weighted by atomic mass is 10.00. The van der Waals surface area contributed by atoms with Crippen molar-refractivity contribution >= 4 is 28.6 Å². The molecule has 0 radical (unpaired) electrons. The molecule has 24 heavy (non-hydrogen) atoms. The van der Waals surface area contributed by atoms with Gasteiger partial charge >= 0.3 is 5.69 Å². The molecule has 0 saturated heterocycles. The molecule has 2 aromatic rings. The van der Waals surface area contributed by atoms with Crippen molar-refractivity contribution in [2.24, 2.45) is 5.10 Å². The second-order valence-corrected chi connectivity index (χ2v) is 6.29. The summed E-state index contributed by atoms with van der Waals surface area (Å²) in [5, 5.41) is 28.5. The Labute approximate surface area is 142 Å². The van der Waals surface area contributed by atoms with Crippen molar-refractivity contribution in [1.82, 2.24) is 5.01 Å². The third-order valence-electron chi connectivity index (χ3n) is 3.85. The molecular weight excluding hydrogens is 330 g/mol. The van der Waals surface area contributed by atoms with E-state index in [1.165, 1.54) is 17.1 Å². The number of aromatic hydroxyl groups is 1. The van der Waals surface area contributed by atoms with Gasteiger partial charge in [-0.1, -0.05) is 13.0 Å². The van der Waals surface area contributed by atoms with Crippen LogP contribution in [0.2, 0.25) is 0 Å². The van der Waals surface area contributed by atoms with Crippen molar-refractivity contribution in [3.8, 4) is 5.75 Å². The van der Waals surface area contributed by atoms with E-state index in [2.05, 4.69) is 5.10 Å². The van der Waals surface area contributed by atoms with Crippen molar-refractivity contribution in [2.75, 3.05) is 0 Å². The van der Waals surface area contributed by atoms with Crippen LogP contribution < -0.4 is 0 Å². The number of nitro benzene ring substituents is 1. The van der Waals surface area contributed by atoms with Gasteiger partial charge in [0.1, 0.15) is 0 Å². The molecule has 7 nitrogen and oxygen atoms in total. The first-order chi connectivity index (χ1) is 11.5. The molecule has 1 N–H and O–H groups in total. The Kier molecular flexibility index (Phi) is 4.30. The molecule has 1 amide bonds. The van der Waals surface area contributed by atoms with Gasteiger partial charge in [-0.2, -0.15) is 5.10 Å². The highest BCUT2D eigenvalue weighted by atomic mass is 32.1. The highest BCUT2D eigenvalue weighted by Gasteiger charge is 2.33. The van der Waals surface area contributed by atoms with Crippen LogP contribution >= 0.6 is 11.3 Å². The molecule has 0 saturated carbocycles. The van der Waals surface area contributed by atoms with Crippen molar-refractivity contribution in [3.63, 3.8) is 0 Å². The van der Waals surface area contributed by atoms with Crippen LogP contribution in [0.1, 0.15) is 36.2 Å². The number of hydrogen-bond donors (Lipinski definition) is 1. The maximum Gasteiger partial charge on any atom is 0.310 e. The minimum Gasteiger partial charge on any atom is -0.502 e. The largest absolute Gasteiger partial charge is 0.502 e. The summed E-state index contributed by atoms with van der Waals surface area (Å²) in [4.78, 5) is 23.4. The number of carbonyl (C=O) groups is 1. The summed E-state index contributed by atoms with van der Waals surface area (Å²) in [5.41, 5.74) is 1.06. The van der Waals surface area contributed by atoms with Crippen molar-refractivity contribution in [3.05, 3.63) is 56.3 Å². The third kappa shape index (κ3) is 2.88. The minimum atomic E-state index is -0.643. The van der Waals surface area contributed by atoms with E-state index in [1.54, 1.807) is 24.3 Å². The number of hydrazone groups is 1. The molecule has 1 aromatic carbocycles. The molecule has 0 fully saturated rings. The zero-order valence-corrected chi connectivity index (χ0v) is 13.7. The number of benzene rings is 1. The molecule has 1 aliphatic heterocycles. The van der Waals surface area contributed by atoms with Crippen LogP contribution in [-0.2, 0) is 4.79 Å². The zero-order valence-electron chi connectivity index (χ0n) is 12.9. The summed E-state index contributed by atoms with van der Waals surface area (Å²) in [6.45, 7) is 1.76. The summed E-state index contributed by atoms with van der Waals surface area (Å²) in [6.07, 6.45) is 0.806. The van der Waals surface area contributed by atoms with Crippen LogP contribution in [0, 0.1) is 10.1 Å². The smallest absolute Gasteiger partial charge is 0.310 e. The van der Waals surface area contributed by atoms with Gasteiger partial charge < -0.3 is 5.11 Å². The lowest BCUT2D eigenvalue weighted by molar-refractivity contribution is -0.385. The molecule has 1 aliphatic rings. The predicted octanol–water partition coefficient (Wildman–Crippen LogP) is 3.45. The van der Waals surface area contributed by atoms with Gasteiger partial charge in [0.05, 0.1) is 21.6 Å². The van der Waals surface area contributed by atoms with Gasteiger partial charge in [-0.3, -0.25) is 14.9 Å². The molecule has 2 heterocycles. The van der Waals surface area contributed by atoms with Crippen molar-refractivity contribution in [1.29, 1.82) is 0 Å². The molecule has 8 heteroatoms. The first-order valence-electron chi connectivity index (χ1n) is 7.42. The van der Waals surface area contributed by atoms with Crippen LogP contribution in [0.15, 0.2) is 40.8 Å². The van der Waals surface area contributed by atoms with Crippen molar-refractivity contribution in [2.45, 2.75) is 25.8 Å². The molecule has 0 unspecified atom stereocenters. The maximum atomic E-state index is 12.2. The minimum absolute atomic E-state index is 0.135. The second kappa shape index (κ2) is 6.40. The molecule has 1 atom stereocenters. The normalized spacial score (nSPS) is 17.0. The van der Waals surface area contributed by atoms with Gasteiger partial charge in [0, 0.05) is 18.9 Å². The van der Waals surface area contributed by atoms with Gasteiger partial charge in [-0.25, -0.2) is 5.01 Å². The number of phenolic OH excluding ortho intramolecular Hbond substituents is 1. The summed E-state index contributed by atoms with van der Waals surface area (Å²) in [5.74, 6) is -0.546. The van der Waals surface area contributed by atoms with Crippen LogP contribution in [-0.4, -0.2) is 26.7 Å². The average molecular weight is 345 g/mol. The number of phenols is 1. The molecule has 124 valence electrons. The Balaban J connectivity index is 1.96. The van der Waals surface area contributed by atoms with Gasteiger partial charge in [-0.15, -0.1) is 11.3 Å². The van der Waals surface area contributed by atoms with Crippen LogP contribution in [0.5, 0.6) is 5.75 Å². The summed E-state index contributed by atoms with van der Waals surface area (Å²) in [6, 6.07) is 7.63. The van der Waals surface area contributed by atoms with E-state index in [0.29, 0.717) is 18.4 Å². The Hall–Kier alpha value is -2.74. The second-order valence-electron chi connectivity index (χ2n) is 5.34. The summed E-state index contributed by atoms with van der Waals surface area (Å²) in [7, 11) is 0. The Morgan fingerprint density at radius 3 is 2.88 bits per heavy atom. The lowest BCUT2D eigenvalue weighted by Crippen LogP contribution is -2.26. The number of amides is 1. The topological polar surface area (TPSA) is 96.0 Å². The fourth-order valence-corrected chi connectivity index (χ4v) is 3.38. The molecule has 3 rings (SSSR count). The molecule has 0 aliphatic carbocycles. The van der Waals surface area contributed by atoms with E-state index >= 15 is 0 Å².